The van der Waals surface area contributed by atoms with E-state index in [0.717, 1.165) is 22.4 Å². The van der Waals surface area contributed by atoms with E-state index in [1.165, 1.54) is 0 Å². The molecule has 2 heterocycles. The maximum atomic E-state index is 9.65. The van der Waals surface area contributed by atoms with Crippen LogP contribution in [-0.4, -0.2) is 10.2 Å². The topological polar surface area (TPSA) is 87.7 Å². The number of hydrogen-bond acceptors (Lipinski definition) is 4. The van der Waals surface area contributed by atoms with E-state index < -0.39 is 0 Å². The monoisotopic (exact) mass is 362 g/mol. The van der Waals surface area contributed by atoms with Crippen molar-refractivity contribution in [1.29, 1.82) is 5.26 Å². The molecule has 0 saturated heterocycles. The average Bonchev–Trinajstić information content (AvgIpc) is 3.07. The number of hydrogen-bond donors (Lipinski definition) is 2. The molecule has 0 spiro atoms. The number of nitrogens with zero attached hydrogens (tertiary/aromatic N) is 2. The molecule has 1 aliphatic heterocycles. The molecule has 0 bridgehead atoms. The fourth-order valence-corrected chi connectivity index (χ4v) is 3.36. The van der Waals surface area contributed by atoms with E-state index >= 15 is 0 Å². The highest BCUT2D eigenvalue weighted by molar-refractivity contribution is 6.30. The lowest BCUT2D eigenvalue weighted by Gasteiger charge is -2.23. The van der Waals surface area contributed by atoms with Gasteiger partial charge in [0.15, 0.2) is 0 Å². The van der Waals surface area contributed by atoms with Crippen LogP contribution in [0.3, 0.4) is 0 Å². The zero-order valence-electron chi connectivity index (χ0n) is 13.7. The Hall–Kier alpha value is -3.23. The van der Waals surface area contributed by atoms with Crippen LogP contribution in [0.5, 0.6) is 5.88 Å². The molecule has 0 unspecified atom stereocenters. The summed E-state index contributed by atoms with van der Waals surface area (Å²) in [6, 6.07) is 19.6. The molecular formula is C20H15ClN4O. The summed E-state index contributed by atoms with van der Waals surface area (Å²) in [5, 5.41) is 17.6. The minimum absolute atomic E-state index is 0.107. The number of nitriles is 1. The number of benzene rings is 2. The van der Waals surface area contributed by atoms with Gasteiger partial charge in [-0.1, -0.05) is 54.1 Å². The Bertz CT molecular complexity index is 1020. The first-order valence-corrected chi connectivity index (χ1v) is 8.51. The first-order valence-electron chi connectivity index (χ1n) is 8.13. The zero-order valence-corrected chi connectivity index (χ0v) is 14.5. The van der Waals surface area contributed by atoms with Crippen LogP contribution in [0.15, 0.2) is 66.1 Å². The Morgan fingerprint density at radius 3 is 2.58 bits per heavy atom. The van der Waals surface area contributed by atoms with Gasteiger partial charge in [-0.05, 0) is 24.1 Å². The first kappa shape index (κ1) is 16.2. The van der Waals surface area contributed by atoms with Crippen molar-refractivity contribution in [3.05, 3.63) is 82.2 Å². The SMILES string of the molecule is N#CC1=C(N)Oc2n[nH]c(-c3ccc(Cl)cc3)c2[C@H]1Cc1ccccc1. The number of nitrogens with one attached hydrogen (secondary N) is 1. The molecule has 5 nitrogen and oxygen atoms in total. The molecule has 0 aliphatic carbocycles. The van der Waals surface area contributed by atoms with E-state index in [-0.39, 0.29) is 11.8 Å². The number of aromatic nitrogens is 2. The smallest absolute Gasteiger partial charge is 0.244 e. The molecule has 1 aliphatic rings. The summed E-state index contributed by atoms with van der Waals surface area (Å²) < 4.78 is 5.60. The summed E-state index contributed by atoms with van der Waals surface area (Å²) in [6.07, 6.45) is 0.626. The van der Waals surface area contributed by atoms with Gasteiger partial charge in [0.25, 0.3) is 0 Å². The quantitative estimate of drug-likeness (QED) is 0.732. The van der Waals surface area contributed by atoms with Crippen LogP contribution in [-0.2, 0) is 6.42 Å². The van der Waals surface area contributed by atoms with Gasteiger partial charge in [0.05, 0.1) is 16.8 Å². The van der Waals surface area contributed by atoms with Crippen molar-refractivity contribution in [1.82, 2.24) is 10.2 Å². The number of nitrogens with two attached hydrogens (primary N) is 1. The van der Waals surface area contributed by atoms with E-state index in [4.69, 9.17) is 22.1 Å². The van der Waals surface area contributed by atoms with Crippen LogP contribution in [0.25, 0.3) is 11.3 Å². The van der Waals surface area contributed by atoms with Crippen LogP contribution in [0.2, 0.25) is 5.02 Å². The third kappa shape index (κ3) is 2.81. The summed E-state index contributed by atoms with van der Waals surface area (Å²) in [4.78, 5) is 0. The number of halogens is 1. The molecule has 6 heteroatoms. The summed E-state index contributed by atoms with van der Waals surface area (Å²) in [5.41, 5.74) is 10.1. The number of aromatic amines is 1. The Labute approximate surface area is 155 Å². The second-order valence-electron chi connectivity index (χ2n) is 6.06. The van der Waals surface area contributed by atoms with Crippen LogP contribution in [0.4, 0.5) is 0 Å². The molecular weight excluding hydrogens is 348 g/mol. The van der Waals surface area contributed by atoms with E-state index in [1.807, 2.05) is 54.6 Å². The molecule has 3 N–H and O–H groups in total. The third-order valence-electron chi connectivity index (χ3n) is 4.47. The maximum Gasteiger partial charge on any atom is 0.244 e. The lowest BCUT2D eigenvalue weighted by molar-refractivity contribution is 0.374. The van der Waals surface area contributed by atoms with Gasteiger partial charge in [-0.25, -0.2) is 0 Å². The largest absolute Gasteiger partial charge is 0.420 e. The van der Waals surface area contributed by atoms with Crippen LogP contribution >= 0.6 is 11.6 Å². The lowest BCUT2D eigenvalue weighted by Crippen LogP contribution is -2.21. The molecule has 2 aromatic carbocycles. The second kappa shape index (κ2) is 6.58. The van der Waals surface area contributed by atoms with E-state index in [0.29, 0.717) is 22.9 Å². The van der Waals surface area contributed by atoms with E-state index in [2.05, 4.69) is 16.3 Å². The number of rotatable bonds is 3. The molecule has 4 rings (SSSR count). The molecule has 0 radical (unpaired) electrons. The predicted molar refractivity (Wildman–Crippen MR) is 99.4 cm³/mol. The van der Waals surface area contributed by atoms with Crippen molar-refractivity contribution in [3.63, 3.8) is 0 Å². The van der Waals surface area contributed by atoms with Gasteiger partial charge in [0.2, 0.25) is 11.8 Å². The van der Waals surface area contributed by atoms with E-state index in [1.54, 1.807) is 0 Å². The molecule has 26 heavy (non-hydrogen) atoms. The molecule has 1 atom stereocenters. The van der Waals surface area contributed by atoms with Gasteiger partial charge in [-0.15, -0.1) is 5.10 Å². The van der Waals surface area contributed by atoms with E-state index in [9.17, 15) is 5.26 Å². The summed E-state index contributed by atoms with van der Waals surface area (Å²) >= 11 is 6.00. The number of H-pyrrole nitrogens is 1. The van der Waals surface area contributed by atoms with Crippen molar-refractivity contribution in [3.8, 4) is 23.2 Å². The fraction of sp³-hybridized carbons (Fsp3) is 0.100. The Morgan fingerprint density at radius 2 is 1.88 bits per heavy atom. The number of fused-ring (bicyclic) bond motifs is 1. The third-order valence-corrected chi connectivity index (χ3v) is 4.73. The summed E-state index contributed by atoms with van der Waals surface area (Å²) in [5.74, 6) is 0.276. The lowest BCUT2D eigenvalue weighted by atomic mass is 9.84. The maximum absolute atomic E-state index is 9.65. The normalized spacial score (nSPS) is 15.9. The van der Waals surface area contributed by atoms with Crippen molar-refractivity contribution in [2.45, 2.75) is 12.3 Å². The molecule has 0 amide bonds. The van der Waals surface area contributed by atoms with Crippen molar-refractivity contribution in [2.75, 3.05) is 0 Å². The first-order chi connectivity index (χ1) is 12.7. The van der Waals surface area contributed by atoms with Crippen LogP contribution in [0.1, 0.15) is 17.0 Å². The Morgan fingerprint density at radius 1 is 1.15 bits per heavy atom. The highest BCUT2D eigenvalue weighted by atomic mass is 35.5. The Kier molecular flexibility index (Phi) is 4.11. The van der Waals surface area contributed by atoms with Crippen LogP contribution in [0, 0.1) is 11.3 Å². The average molecular weight is 363 g/mol. The summed E-state index contributed by atoms with van der Waals surface area (Å²) in [6.45, 7) is 0. The molecule has 1 aromatic heterocycles. The van der Waals surface area contributed by atoms with Crippen LogP contribution < -0.4 is 10.5 Å². The second-order valence-corrected chi connectivity index (χ2v) is 6.49. The fourth-order valence-electron chi connectivity index (χ4n) is 3.23. The molecule has 3 aromatic rings. The van der Waals surface area contributed by atoms with Gasteiger partial charge < -0.3 is 10.5 Å². The summed E-state index contributed by atoms with van der Waals surface area (Å²) in [7, 11) is 0. The highest BCUT2D eigenvalue weighted by Crippen LogP contribution is 2.43. The van der Waals surface area contributed by atoms with Gasteiger partial charge in [0, 0.05) is 16.5 Å². The highest BCUT2D eigenvalue weighted by Gasteiger charge is 2.34. The Balaban J connectivity index is 1.84. The standard InChI is InChI=1S/C20H15ClN4O/c21-14-8-6-13(7-9-14)18-17-15(10-12-4-2-1-3-5-12)16(11-22)19(23)26-20(17)25-24-18/h1-9,15H,10,23H2,(H,24,25)/t15-/m0/s1. The minimum atomic E-state index is -0.240. The zero-order chi connectivity index (χ0) is 18.1. The van der Waals surface area contributed by atoms with Crippen molar-refractivity contribution < 1.29 is 4.74 Å². The minimum Gasteiger partial charge on any atom is -0.420 e. The predicted octanol–water partition coefficient (Wildman–Crippen LogP) is 4.14. The van der Waals surface area contributed by atoms with Gasteiger partial charge >= 0.3 is 0 Å². The molecule has 0 saturated carbocycles. The number of ether oxygens (including phenoxy) is 1. The molecule has 128 valence electrons. The van der Waals surface area contributed by atoms with Gasteiger partial charge in [-0.3, -0.25) is 5.10 Å². The van der Waals surface area contributed by atoms with Gasteiger partial charge in [0.1, 0.15) is 6.07 Å². The number of allylic oxidation sites excluding steroid dienone is 1. The molecule has 0 fully saturated rings. The van der Waals surface area contributed by atoms with Crippen molar-refractivity contribution in [2.24, 2.45) is 5.73 Å². The van der Waals surface area contributed by atoms with Crippen molar-refractivity contribution >= 4 is 11.6 Å². The van der Waals surface area contributed by atoms with Gasteiger partial charge in [-0.2, -0.15) is 5.26 Å².